The number of amides is 1. The second kappa shape index (κ2) is 7.43. The number of hydrogen-bond acceptors (Lipinski definition) is 3. The van der Waals surface area contributed by atoms with Gasteiger partial charge in [0.1, 0.15) is 5.75 Å². The van der Waals surface area contributed by atoms with Crippen LogP contribution < -0.4 is 10.1 Å². The van der Waals surface area contributed by atoms with Gasteiger partial charge in [0, 0.05) is 16.2 Å². The van der Waals surface area contributed by atoms with Gasteiger partial charge in [0.2, 0.25) is 0 Å². The molecule has 4 nitrogen and oxygen atoms in total. The lowest BCUT2D eigenvalue weighted by Gasteiger charge is -2.09. The molecule has 1 N–H and O–H groups in total. The van der Waals surface area contributed by atoms with Crippen molar-refractivity contribution in [1.29, 1.82) is 0 Å². The van der Waals surface area contributed by atoms with Gasteiger partial charge in [-0.25, -0.2) is 4.98 Å². The van der Waals surface area contributed by atoms with Crippen molar-refractivity contribution in [3.05, 3.63) is 51.7 Å². The first-order valence-electron chi connectivity index (χ1n) is 6.45. The summed E-state index contributed by atoms with van der Waals surface area (Å²) in [7, 11) is 0. The van der Waals surface area contributed by atoms with E-state index in [4.69, 9.17) is 16.3 Å². The number of anilines is 1. The third-order valence-corrected chi connectivity index (χ3v) is 3.36. The highest BCUT2D eigenvalue weighted by molar-refractivity contribution is 9.10. The van der Waals surface area contributed by atoms with Crippen LogP contribution in [0, 0.1) is 0 Å². The van der Waals surface area contributed by atoms with Gasteiger partial charge in [0.25, 0.3) is 5.91 Å². The van der Waals surface area contributed by atoms with E-state index in [0.29, 0.717) is 23.6 Å². The van der Waals surface area contributed by atoms with Gasteiger partial charge in [-0.3, -0.25) is 4.79 Å². The van der Waals surface area contributed by atoms with Crippen LogP contribution >= 0.6 is 27.5 Å². The van der Waals surface area contributed by atoms with Crippen LogP contribution in [0.1, 0.15) is 23.7 Å². The normalized spacial score (nSPS) is 10.2. The fraction of sp³-hybridized carbons (Fsp3) is 0.200. The number of carbonyl (C=O) groups excluding carboxylic acids is 1. The van der Waals surface area contributed by atoms with E-state index >= 15 is 0 Å². The van der Waals surface area contributed by atoms with Gasteiger partial charge in [0.15, 0.2) is 5.15 Å². The molecule has 0 aliphatic heterocycles. The zero-order valence-electron chi connectivity index (χ0n) is 11.4. The van der Waals surface area contributed by atoms with Crippen LogP contribution in [-0.2, 0) is 0 Å². The maximum atomic E-state index is 12.2. The van der Waals surface area contributed by atoms with Crippen molar-refractivity contribution in [3.63, 3.8) is 0 Å². The summed E-state index contributed by atoms with van der Waals surface area (Å²) < 4.78 is 6.25. The van der Waals surface area contributed by atoms with Crippen molar-refractivity contribution < 1.29 is 9.53 Å². The molecule has 0 atom stereocenters. The zero-order valence-corrected chi connectivity index (χ0v) is 13.7. The Kier molecular flexibility index (Phi) is 5.59. The lowest BCUT2D eigenvalue weighted by Crippen LogP contribution is -2.12. The van der Waals surface area contributed by atoms with Gasteiger partial charge < -0.3 is 10.1 Å². The Bertz CT molecular complexity index is 649. The van der Waals surface area contributed by atoms with E-state index < -0.39 is 0 Å². The Morgan fingerprint density at radius 2 is 2.24 bits per heavy atom. The Morgan fingerprint density at radius 3 is 3.00 bits per heavy atom. The molecule has 0 fully saturated rings. The highest BCUT2D eigenvalue weighted by Crippen LogP contribution is 2.24. The van der Waals surface area contributed by atoms with Crippen molar-refractivity contribution in [3.8, 4) is 5.75 Å². The summed E-state index contributed by atoms with van der Waals surface area (Å²) in [5.41, 5.74) is 0.954. The van der Waals surface area contributed by atoms with E-state index in [2.05, 4.69) is 26.2 Å². The summed E-state index contributed by atoms with van der Waals surface area (Å²) in [6, 6.07) is 8.71. The fourth-order valence-corrected chi connectivity index (χ4v) is 2.13. The van der Waals surface area contributed by atoms with Crippen molar-refractivity contribution in [1.82, 2.24) is 4.98 Å². The van der Waals surface area contributed by atoms with Crippen LogP contribution in [-0.4, -0.2) is 17.5 Å². The smallest absolute Gasteiger partial charge is 0.255 e. The zero-order chi connectivity index (χ0) is 15.2. The maximum absolute atomic E-state index is 12.2. The van der Waals surface area contributed by atoms with Gasteiger partial charge >= 0.3 is 0 Å². The van der Waals surface area contributed by atoms with Crippen molar-refractivity contribution in [2.24, 2.45) is 0 Å². The highest BCUT2D eigenvalue weighted by atomic mass is 79.9. The highest BCUT2D eigenvalue weighted by Gasteiger charge is 2.10. The molecule has 110 valence electrons. The molecule has 1 aromatic heterocycles. The number of nitrogens with one attached hydrogen (secondary N) is 1. The number of aromatic nitrogens is 1. The number of halogens is 2. The second-order valence-corrected chi connectivity index (χ2v) is 5.60. The first-order chi connectivity index (χ1) is 10.1. The first kappa shape index (κ1) is 15.8. The van der Waals surface area contributed by atoms with Crippen LogP contribution in [0.15, 0.2) is 41.0 Å². The summed E-state index contributed by atoms with van der Waals surface area (Å²) in [4.78, 5) is 16.2. The minimum Gasteiger partial charge on any atom is -0.494 e. The number of rotatable bonds is 5. The molecule has 0 radical (unpaired) electrons. The summed E-state index contributed by atoms with van der Waals surface area (Å²) in [5.74, 6) is 0.404. The lowest BCUT2D eigenvalue weighted by molar-refractivity contribution is 0.102. The van der Waals surface area contributed by atoms with E-state index in [1.165, 1.54) is 0 Å². The van der Waals surface area contributed by atoms with E-state index in [1.54, 1.807) is 30.5 Å². The van der Waals surface area contributed by atoms with E-state index in [-0.39, 0.29) is 11.1 Å². The first-order valence-corrected chi connectivity index (χ1v) is 7.62. The summed E-state index contributed by atoms with van der Waals surface area (Å²) in [5, 5.41) is 2.97. The number of pyridine rings is 1. The Hall–Kier alpha value is -1.59. The van der Waals surface area contributed by atoms with E-state index in [9.17, 15) is 4.79 Å². The van der Waals surface area contributed by atoms with Crippen LogP contribution in [0.5, 0.6) is 5.75 Å². The van der Waals surface area contributed by atoms with Gasteiger partial charge in [-0.2, -0.15) is 0 Å². The maximum Gasteiger partial charge on any atom is 0.255 e. The molecule has 0 unspecified atom stereocenters. The molecule has 0 bridgehead atoms. The molecule has 1 heterocycles. The Morgan fingerprint density at radius 1 is 1.43 bits per heavy atom. The molecular weight excluding hydrogens is 356 g/mol. The van der Waals surface area contributed by atoms with Gasteiger partial charge in [0.05, 0.1) is 12.3 Å². The molecular formula is C15H14BrClN2O2. The largest absolute Gasteiger partial charge is 0.494 e. The van der Waals surface area contributed by atoms with Crippen LogP contribution in [0.25, 0.3) is 0 Å². The monoisotopic (exact) mass is 368 g/mol. The number of hydrogen-bond donors (Lipinski definition) is 1. The van der Waals surface area contributed by atoms with Gasteiger partial charge in [-0.05, 0) is 46.6 Å². The van der Waals surface area contributed by atoms with E-state index in [0.717, 1.165) is 10.9 Å². The predicted molar refractivity (Wildman–Crippen MR) is 87.1 cm³/mol. The molecule has 0 spiro atoms. The number of nitrogens with zero attached hydrogens (tertiary/aromatic N) is 1. The molecule has 21 heavy (non-hydrogen) atoms. The number of benzene rings is 1. The van der Waals surface area contributed by atoms with Crippen molar-refractivity contribution in [2.75, 3.05) is 11.9 Å². The minimum atomic E-state index is -0.265. The van der Waals surface area contributed by atoms with Crippen LogP contribution in [0.3, 0.4) is 0 Å². The molecule has 1 aromatic carbocycles. The van der Waals surface area contributed by atoms with Gasteiger partial charge in [-0.15, -0.1) is 0 Å². The van der Waals surface area contributed by atoms with Crippen LogP contribution in [0.4, 0.5) is 5.69 Å². The molecule has 0 saturated carbocycles. The predicted octanol–water partition coefficient (Wildman–Crippen LogP) is 4.54. The minimum absolute atomic E-state index is 0.241. The van der Waals surface area contributed by atoms with Crippen molar-refractivity contribution >= 4 is 39.1 Å². The van der Waals surface area contributed by atoms with Crippen molar-refractivity contribution in [2.45, 2.75) is 13.3 Å². The molecule has 2 aromatic rings. The van der Waals surface area contributed by atoms with Gasteiger partial charge in [-0.1, -0.05) is 24.6 Å². The average molecular weight is 370 g/mol. The third-order valence-electron chi connectivity index (χ3n) is 2.62. The van der Waals surface area contributed by atoms with E-state index in [1.807, 2.05) is 13.0 Å². The number of ether oxygens (including phenoxy) is 1. The second-order valence-electron chi connectivity index (χ2n) is 4.32. The standard InChI is InChI=1S/C15H14BrClN2O2/c1-2-6-21-12-5-3-4-10(7-12)15(20)19-13-8-11(16)9-18-14(13)17/h3-5,7-9H,2,6H2,1H3,(H,19,20). The summed E-state index contributed by atoms with van der Waals surface area (Å²) in [6.07, 6.45) is 2.48. The molecule has 0 saturated heterocycles. The number of carbonyl (C=O) groups is 1. The van der Waals surface area contributed by atoms with Crippen LogP contribution in [0.2, 0.25) is 5.15 Å². The quantitative estimate of drug-likeness (QED) is 0.787. The summed E-state index contributed by atoms with van der Waals surface area (Å²) in [6.45, 7) is 2.64. The Balaban J connectivity index is 2.14. The summed E-state index contributed by atoms with van der Waals surface area (Å²) >= 11 is 9.25. The molecule has 0 aliphatic carbocycles. The molecule has 1 amide bonds. The molecule has 6 heteroatoms. The SMILES string of the molecule is CCCOc1cccc(C(=O)Nc2cc(Br)cnc2Cl)c1. The molecule has 2 rings (SSSR count). The average Bonchev–Trinajstić information content (AvgIpc) is 2.49. The third kappa shape index (κ3) is 4.44. The lowest BCUT2D eigenvalue weighted by atomic mass is 10.2. The fourth-order valence-electron chi connectivity index (χ4n) is 1.65. The molecule has 0 aliphatic rings. The Labute approximate surface area is 136 Å². The topological polar surface area (TPSA) is 51.2 Å².